The summed E-state index contributed by atoms with van der Waals surface area (Å²) in [5, 5.41) is 59.4. The number of benzene rings is 3. The quantitative estimate of drug-likeness (QED) is 0.0348. The highest BCUT2D eigenvalue weighted by Crippen LogP contribution is 2.39. The first-order valence-corrected chi connectivity index (χ1v) is 20.5. The van der Waals surface area contributed by atoms with Crippen LogP contribution in [0.3, 0.4) is 0 Å². The molecule has 4 aromatic rings. The van der Waals surface area contributed by atoms with Crippen molar-refractivity contribution in [2.75, 3.05) is 19.7 Å². The lowest BCUT2D eigenvalue weighted by Gasteiger charge is -2.50. The monoisotopic (exact) mass is 868 g/mol. The van der Waals surface area contributed by atoms with Crippen LogP contribution in [-0.2, 0) is 28.7 Å². The molecule has 7 N–H and O–H groups in total. The van der Waals surface area contributed by atoms with E-state index in [2.05, 4.69) is 10.3 Å². The number of nitrogens with zero attached hydrogens (tertiary/aromatic N) is 1. The fourth-order valence-electron chi connectivity index (χ4n) is 8.15. The van der Waals surface area contributed by atoms with Gasteiger partial charge in [0.1, 0.15) is 60.7 Å². The second kappa shape index (κ2) is 18.7. The molecule has 1 fully saturated rings. The van der Waals surface area contributed by atoms with Gasteiger partial charge in [0.15, 0.2) is 16.7 Å². The van der Waals surface area contributed by atoms with Crippen molar-refractivity contribution in [2.45, 2.75) is 82.9 Å². The number of hydrogen-bond acceptors (Lipinski definition) is 15. The Labute approximate surface area is 361 Å². The maximum Gasteiger partial charge on any atom is 0.334 e. The predicted molar refractivity (Wildman–Crippen MR) is 226 cm³/mol. The number of aromatic hydroxyl groups is 1. The third-order valence-corrected chi connectivity index (χ3v) is 11.2. The van der Waals surface area contributed by atoms with E-state index in [-0.39, 0.29) is 65.3 Å². The lowest BCUT2D eigenvalue weighted by atomic mass is 9.77. The Kier molecular flexibility index (Phi) is 13.4. The van der Waals surface area contributed by atoms with Crippen molar-refractivity contribution in [1.82, 2.24) is 5.32 Å². The lowest BCUT2D eigenvalue weighted by molar-refractivity contribution is -1.04. The summed E-state index contributed by atoms with van der Waals surface area (Å²) < 4.78 is 24.0. The van der Waals surface area contributed by atoms with Crippen LogP contribution in [0.4, 0.5) is 0 Å². The van der Waals surface area contributed by atoms with Crippen molar-refractivity contribution >= 4 is 41.1 Å². The van der Waals surface area contributed by atoms with E-state index in [4.69, 9.17) is 23.5 Å². The van der Waals surface area contributed by atoms with Gasteiger partial charge in [-0.25, -0.2) is 14.6 Å². The zero-order chi connectivity index (χ0) is 45.2. The van der Waals surface area contributed by atoms with Crippen LogP contribution in [0.15, 0.2) is 98.5 Å². The molecule has 0 aliphatic carbocycles. The number of quaternary nitrogens is 1. The van der Waals surface area contributed by atoms with Gasteiger partial charge in [-0.1, -0.05) is 43.2 Å². The Bertz CT molecular complexity index is 2510. The topological polar surface area (TPSA) is 248 Å². The van der Waals surface area contributed by atoms with E-state index in [1.54, 1.807) is 32.2 Å². The number of esters is 1. The zero-order valence-electron chi connectivity index (χ0n) is 35.0. The molecule has 0 amide bonds. The van der Waals surface area contributed by atoms with Crippen LogP contribution in [0.1, 0.15) is 43.4 Å². The van der Waals surface area contributed by atoms with Crippen LogP contribution in [0.5, 0.6) is 11.5 Å². The molecule has 0 bridgehead atoms. The van der Waals surface area contributed by atoms with E-state index in [1.165, 1.54) is 36.6 Å². The maximum absolute atomic E-state index is 13.6. The fraction of sp³-hybridized carbons (Fsp3) is 0.370. The van der Waals surface area contributed by atoms with Crippen molar-refractivity contribution in [3.05, 3.63) is 111 Å². The first-order chi connectivity index (χ1) is 30.1. The summed E-state index contributed by atoms with van der Waals surface area (Å²) in [6.07, 6.45) is -3.55. The van der Waals surface area contributed by atoms with Crippen molar-refractivity contribution in [1.29, 1.82) is 0 Å². The van der Waals surface area contributed by atoms with Crippen LogP contribution >= 0.6 is 0 Å². The van der Waals surface area contributed by atoms with E-state index < -0.39 is 60.9 Å². The van der Waals surface area contributed by atoms with Crippen LogP contribution in [-0.4, -0.2) is 112 Å². The molecule has 7 rings (SSSR count). The molecule has 0 saturated carbocycles. The summed E-state index contributed by atoms with van der Waals surface area (Å²) in [4.78, 5) is 61.0. The number of nitrogens with one attached hydrogen (secondary N) is 2. The van der Waals surface area contributed by atoms with Crippen molar-refractivity contribution in [3.8, 4) is 22.6 Å². The normalized spacial score (nSPS) is 24.0. The molecular formula is C46H50N3O14+. The molecule has 3 aromatic carbocycles. The minimum Gasteiger partial charge on any atom is -0.508 e. The molecule has 0 spiro atoms. The van der Waals surface area contributed by atoms with Crippen molar-refractivity contribution in [3.63, 3.8) is 0 Å². The number of allylic oxidation sites excluding steroid dienone is 1. The molecule has 1 saturated heterocycles. The number of phenolic OH excluding ortho intramolecular Hbond substituents is 1. The van der Waals surface area contributed by atoms with Crippen molar-refractivity contribution in [2.24, 2.45) is 10.9 Å². The number of aliphatic carboxylic acids is 1. The van der Waals surface area contributed by atoms with Gasteiger partial charge >= 0.3 is 11.9 Å². The second-order valence-corrected chi connectivity index (χ2v) is 16.3. The highest BCUT2D eigenvalue weighted by molar-refractivity contribution is 5.98. The highest BCUT2D eigenvalue weighted by atomic mass is 16.8. The summed E-state index contributed by atoms with van der Waals surface area (Å²) in [5.41, 5.74) is 2.70. The summed E-state index contributed by atoms with van der Waals surface area (Å²) in [6, 6.07) is 14.5. The number of hydrogen-bond donors (Lipinski definition) is 7. The lowest BCUT2D eigenvalue weighted by Crippen LogP contribution is -3.09. The second-order valence-electron chi connectivity index (χ2n) is 16.3. The number of aliphatic hydroxyl groups is 3. The van der Waals surface area contributed by atoms with Gasteiger partial charge in [-0.05, 0) is 74.2 Å². The average Bonchev–Trinajstić information content (AvgIpc) is 3.83. The van der Waals surface area contributed by atoms with E-state index >= 15 is 0 Å². The van der Waals surface area contributed by atoms with Crippen LogP contribution < -0.4 is 20.5 Å². The summed E-state index contributed by atoms with van der Waals surface area (Å²) in [6.45, 7) is 6.78. The number of aliphatic imine (C=N–C) groups is 1. The molecule has 1 unspecified atom stereocenters. The number of rotatable bonds is 17. The Morgan fingerprint density at radius 2 is 1.79 bits per heavy atom. The van der Waals surface area contributed by atoms with Gasteiger partial charge in [0.2, 0.25) is 18.4 Å². The Balaban J connectivity index is 1.28. The number of hydroxylamine groups is 2. The number of carbonyl (C=O) groups is 3. The minimum atomic E-state index is -2.61. The van der Waals surface area contributed by atoms with Crippen LogP contribution in [0.25, 0.3) is 27.8 Å². The molecule has 3 aliphatic heterocycles. The number of carboxylic acid groups (broad SMARTS) is 1. The third-order valence-electron chi connectivity index (χ3n) is 11.2. The summed E-state index contributed by atoms with van der Waals surface area (Å²) >= 11 is 0. The van der Waals surface area contributed by atoms with Gasteiger partial charge in [0.05, 0.1) is 17.1 Å². The van der Waals surface area contributed by atoms with Crippen LogP contribution in [0, 0.1) is 19.8 Å². The third kappa shape index (κ3) is 9.35. The number of aliphatic hydroxyl groups excluding tert-OH is 2. The van der Waals surface area contributed by atoms with Gasteiger partial charge in [-0.3, -0.25) is 10.1 Å². The summed E-state index contributed by atoms with van der Waals surface area (Å²) in [5.74, 6) is -2.99. The first-order valence-electron chi connectivity index (χ1n) is 20.5. The molecule has 17 heteroatoms. The largest absolute Gasteiger partial charge is 0.508 e. The van der Waals surface area contributed by atoms with Crippen LogP contribution in [0.2, 0.25) is 0 Å². The number of ether oxygens (including phenoxy) is 3. The molecule has 8 atom stereocenters. The van der Waals surface area contributed by atoms with E-state index in [0.717, 1.165) is 22.3 Å². The average molecular weight is 869 g/mol. The fourth-order valence-corrected chi connectivity index (χ4v) is 8.15. The SMILES string of the molecule is Cc1cc(C)cc(C2=C3N=CC=C3C[NH+]2O[C@@H]2[C@@H](Oc3ccc4c(=O)c(-c5ccc(O)cc5)coc4c3)O[C@@H](COC(=O)[C@H](NCCC=O)C(=O)O)[C@H](O)[C@]2(O)[C@@H](O)CC(C)C)c1. The number of aldehydes is 1. The number of carbonyl (C=O) groups excluding carboxylic acids is 2. The Hall–Kier alpha value is -6.05. The molecule has 17 nitrogen and oxygen atoms in total. The minimum absolute atomic E-state index is 0.0277. The maximum atomic E-state index is 13.6. The van der Waals surface area contributed by atoms with Gasteiger partial charge in [-0.15, -0.1) is 0 Å². The molecule has 63 heavy (non-hydrogen) atoms. The zero-order valence-corrected chi connectivity index (χ0v) is 35.0. The molecule has 1 aromatic heterocycles. The molecule has 0 radical (unpaired) electrons. The molecule has 4 heterocycles. The van der Waals surface area contributed by atoms with Gasteiger partial charge in [0.25, 0.3) is 0 Å². The Morgan fingerprint density at radius 3 is 2.48 bits per heavy atom. The molecule has 332 valence electrons. The highest BCUT2D eigenvalue weighted by Gasteiger charge is 2.64. The molecule has 3 aliphatic rings. The van der Waals surface area contributed by atoms with E-state index in [0.29, 0.717) is 28.3 Å². The number of phenols is 1. The van der Waals surface area contributed by atoms with Gasteiger partial charge < -0.3 is 49.0 Å². The number of fused-ring (bicyclic) bond motifs is 2. The van der Waals surface area contributed by atoms with E-state index in [1.807, 2.05) is 38.1 Å². The van der Waals surface area contributed by atoms with Gasteiger partial charge in [0, 0.05) is 36.4 Å². The predicted octanol–water partition coefficient (Wildman–Crippen LogP) is 2.14. The number of carboxylic acids is 1. The summed E-state index contributed by atoms with van der Waals surface area (Å²) in [7, 11) is 0. The number of aryl methyl sites for hydroxylation is 2. The van der Waals surface area contributed by atoms with E-state index in [9.17, 15) is 44.7 Å². The first kappa shape index (κ1) is 45.0. The standard InChI is InChI=1S/C46H49N3O14/c1-24(2)16-36(52)46(58)41(54)35(23-60-44(57)38(43(55)56)47-13-5-15-50)62-45(42(46)63-49-21-28-12-14-48-37(28)39(49)29-18-25(3)17-26(4)19-29)61-31-10-11-32-34(20-31)59-22-33(40(32)53)27-6-8-30(51)9-7-27/h6-12,14-15,17-20,22,24,35-36,38,41-42,45,47,51-52,54,58H,5,13,16,21,23H2,1-4H3,(H,55,56)/p+1/t35-,36-,38+,41-,42+,45-,46+/m0/s1. The van der Waals surface area contributed by atoms with Gasteiger partial charge in [-0.2, -0.15) is 9.90 Å². The smallest absolute Gasteiger partial charge is 0.334 e. The Morgan fingerprint density at radius 1 is 1.06 bits per heavy atom. The molecular weight excluding hydrogens is 819 g/mol. The van der Waals surface area contributed by atoms with Crippen molar-refractivity contribution < 1.29 is 68.4 Å².